The van der Waals surface area contributed by atoms with Crippen molar-refractivity contribution < 1.29 is 19.8 Å². The summed E-state index contributed by atoms with van der Waals surface area (Å²) in [7, 11) is 0. The van der Waals surface area contributed by atoms with Gasteiger partial charge in [-0.1, -0.05) is 20.8 Å². The summed E-state index contributed by atoms with van der Waals surface area (Å²) in [5.74, 6) is -1.13. The zero-order valence-corrected chi connectivity index (χ0v) is 10.1. The number of amides is 1. The van der Waals surface area contributed by atoms with Crippen molar-refractivity contribution in [1.82, 2.24) is 5.32 Å². The molecule has 0 bridgehead atoms. The van der Waals surface area contributed by atoms with E-state index in [4.69, 9.17) is 10.2 Å². The molecule has 0 saturated carbocycles. The molecule has 0 radical (unpaired) electrons. The highest BCUT2D eigenvalue weighted by atomic mass is 16.4. The van der Waals surface area contributed by atoms with Crippen molar-refractivity contribution in [2.24, 2.45) is 5.41 Å². The second kappa shape index (κ2) is 6.48. The van der Waals surface area contributed by atoms with Crippen LogP contribution in [0.2, 0.25) is 0 Å². The van der Waals surface area contributed by atoms with Crippen molar-refractivity contribution in [2.45, 2.75) is 46.1 Å². The number of aliphatic hydroxyl groups is 1. The minimum Gasteiger partial charge on any atom is -0.481 e. The third-order valence-electron chi connectivity index (χ3n) is 2.35. The Morgan fingerprint density at radius 1 is 1.31 bits per heavy atom. The van der Waals surface area contributed by atoms with E-state index in [2.05, 4.69) is 5.32 Å². The van der Waals surface area contributed by atoms with Gasteiger partial charge in [0.1, 0.15) is 0 Å². The molecule has 0 aliphatic rings. The first-order chi connectivity index (χ1) is 7.30. The Morgan fingerprint density at radius 2 is 1.88 bits per heavy atom. The second-order valence-corrected chi connectivity index (χ2v) is 4.77. The van der Waals surface area contributed by atoms with Crippen LogP contribution in [0.3, 0.4) is 0 Å². The molecule has 0 aromatic carbocycles. The van der Waals surface area contributed by atoms with Crippen LogP contribution < -0.4 is 5.32 Å². The Bertz CT molecular complexity index is 246. The summed E-state index contributed by atoms with van der Waals surface area (Å²) < 4.78 is 0. The maximum atomic E-state index is 11.6. The van der Waals surface area contributed by atoms with E-state index in [1.807, 2.05) is 6.92 Å². The Balaban J connectivity index is 4.17. The average molecular weight is 231 g/mol. The highest BCUT2D eigenvalue weighted by Gasteiger charge is 2.25. The fourth-order valence-corrected chi connectivity index (χ4v) is 1.46. The molecule has 0 aromatic rings. The van der Waals surface area contributed by atoms with Gasteiger partial charge < -0.3 is 15.5 Å². The van der Waals surface area contributed by atoms with Gasteiger partial charge in [0.15, 0.2) is 0 Å². The first kappa shape index (κ1) is 14.9. The van der Waals surface area contributed by atoms with Crippen LogP contribution in [0.15, 0.2) is 0 Å². The van der Waals surface area contributed by atoms with Gasteiger partial charge in [-0.15, -0.1) is 0 Å². The Kier molecular flexibility index (Phi) is 6.03. The third kappa shape index (κ3) is 6.40. The molecule has 0 aromatic heterocycles. The van der Waals surface area contributed by atoms with Gasteiger partial charge in [-0.05, 0) is 11.8 Å². The second-order valence-electron chi connectivity index (χ2n) is 4.77. The van der Waals surface area contributed by atoms with Gasteiger partial charge in [0, 0.05) is 6.42 Å². The number of carboxylic acids is 1. The minimum absolute atomic E-state index is 0.0453. The number of aliphatic carboxylic acids is 1. The van der Waals surface area contributed by atoms with Gasteiger partial charge in [-0.25, -0.2) is 0 Å². The summed E-state index contributed by atoms with van der Waals surface area (Å²) >= 11 is 0. The summed E-state index contributed by atoms with van der Waals surface area (Å²) in [4.78, 5) is 22.1. The van der Waals surface area contributed by atoms with Gasteiger partial charge in [0.2, 0.25) is 5.91 Å². The Hall–Kier alpha value is -1.10. The van der Waals surface area contributed by atoms with E-state index in [9.17, 15) is 9.59 Å². The van der Waals surface area contributed by atoms with Crippen LogP contribution in [0.4, 0.5) is 0 Å². The topological polar surface area (TPSA) is 86.6 Å². The lowest BCUT2D eigenvalue weighted by molar-refractivity contribution is -0.139. The molecular formula is C11H21NO4. The number of nitrogens with one attached hydrogen (secondary N) is 1. The summed E-state index contributed by atoms with van der Waals surface area (Å²) in [6.07, 6.45) is 0.758. The Morgan fingerprint density at radius 3 is 2.25 bits per heavy atom. The highest BCUT2D eigenvalue weighted by Crippen LogP contribution is 2.24. The number of rotatable bonds is 7. The van der Waals surface area contributed by atoms with E-state index in [0.717, 1.165) is 0 Å². The lowest BCUT2D eigenvalue weighted by Crippen LogP contribution is -2.39. The van der Waals surface area contributed by atoms with Gasteiger partial charge in [-0.2, -0.15) is 0 Å². The largest absolute Gasteiger partial charge is 0.481 e. The van der Waals surface area contributed by atoms with Crippen molar-refractivity contribution in [3.05, 3.63) is 0 Å². The van der Waals surface area contributed by atoms with Crippen LogP contribution in [-0.2, 0) is 9.59 Å². The molecule has 5 nitrogen and oxygen atoms in total. The normalized spacial score (nSPS) is 13.2. The highest BCUT2D eigenvalue weighted by molar-refractivity contribution is 5.78. The fourth-order valence-electron chi connectivity index (χ4n) is 1.46. The number of carboxylic acid groups (broad SMARTS) is 1. The molecule has 0 saturated heterocycles. The zero-order valence-electron chi connectivity index (χ0n) is 10.1. The van der Waals surface area contributed by atoms with E-state index < -0.39 is 11.4 Å². The molecule has 0 spiro atoms. The maximum absolute atomic E-state index is 11.6. The van der Waals surface area contributed by atoms with Crippen LogP contribution in [0, 0.1) is 5.41 Å². The molecule has 0 aliphatic carbocycles. The number of aliphatic hydroxyl groups excluding tert-OH is 1. The van der Waals surface area contributed by atoms with Crippen molar-refractivity contribution >= 4 is 11.9 Å². The molecule has 1 amide bonds. The van der Waals surface area contributed by atoms with E-state index >= 15 is 0 Å². The van der Waals surface area contributed by atoms with Gasteiger partial charge in [0.25, 0.3) is 0 Å². The summed E-state index contributed by atoms with van der Waals surface area (Å²) in [6.45, 7) is 5.24. The van der Waals surface area contributed by atoms with E-state index in [1.165, 1.54) is 0 Å². The first-order valence-corrected chi connectivity index (χ1v) is 5.42. The molecule has 0 unspecified atom stereocenters. The summed E-state index contributed by atoms with van der Waals surface area (Å²) in [5, 5.41) is 20.2. The first-order valence-electron chi connectivity index (χ1n) is 5.42. The number of hydrogen-bond acceptors (Lipinski definition) is 3. The van der Waals surface area contributed by atoms with Gasteiger partial charge in [0.05, 0.1) is 19.1 Å². The smallest absolute Gasteiger partial charge is 0.303 e. The number of hydrogen-bond donors (Lipinski definition) is 3. The molecular weight excluding hydrogens is 210 g/mol. The number of carbonyl (C=O) groups excluding carboxylic acids is 1. The molecule has 0 heterocycles. The summed E-state index contributed by atoms with van der Waals surface area (Å²) in [6, 6.07) is -0.242. The maximum Gasteiger partial charge on any atom is 0.303 e. The summed E-state index contributed by atoms with van der Waals surface area (Å²) in [5.41, 5.74) is -0.566. The van der Waals surface area contributed by atoms with Crippen LogP contribution in [-0.4, -0.2) is 34.7 Å². The third-order valence-corrected chi connectivity index (χ3v) is 2.35. The van der Waals surface area contributed by atoms with Crippen LogP contribution in [0.25, 0.3) is 0 Å². The minimum atomic E-state index is -0.910. The van der Waals surface area contributed by atoms with E-state index in [-0.39, 0.29) is 31.4 Å². The van der Waals surface area contributed by atoms with Crippen molar-refractivity contribution in [1.29, 1.82) is 0 Å². The molecule has 3 N–H and O–H groups in total. The molecule has 0 aliphatic heterocycles. The SMILES string of the molecule is CC[C@@H](CO)NC(=O)CC(C)(C)CC(=O)O. The van der Waals surface area contributed by atoms with Crippen LogP contribution in [0.1, 0.15) is 40.0 Å². The van der Waals surface area contributed by atoms with Crippen LogP contribution in [0.5, 0.6) is 0 Å². The molecule has 5 heteroatoms. The molecule has 16 heavy (non-hydrogen) atoms. The lowest BCUT2D eigenvalue weighted by atomic mass is 9.85. The van der Waals surface area contributed by atoms with Crippen molar-refractivity contribution in [3.8, 4) is 0 Å². The molecule has 94 valence electrons. The quantitative estimate of drug-likeness (QED) is 0.604. The molecule has 0 fully saturated rings. The van der Waals surface area contributed by atoms with Crippen molar-refractivity contribution in [2.75, 3.05) is 6.61 Å². The monoisotopic (exact) mass is 231 g/mol. The lowest BCUT2D eigenvalue weighted by Gasteiger charge is -2.23. The van der Waals surface area contributed by atoms with Gasteiger partial charge in [-0.3, -0.25) is 9.59 Å². The predicted octanol–water partition coefficient (Wildman–Crippen LogP) is 0.764. The molecule has 1 atom stereocenters. The number of carbonyl (C=O) groups is 2. The van der Waals surface area contributed by atoms with E-state index in [0.29, 0.717) is 6.42 Å². The fraction of sp³-hybridized carbons (Fsp3) is 0.818. The van der Waals surface area contributed by atoms with Crippen LogP contribution >= 0.6 is 0 Å². The molecule has 0 rings (SSSR count). The van der Waals surface area contributed by atoms with Gasteiger partial charge >= 0.3 is 5.97 Å². The Labute approximate surface area is 95.9 Å². The van der Waals surface area contributed by atoms with Crippen molar-refractivity contribution in [3.63, 3.8) is 0 Å². The predicted molar refractivity (Wildman–Crippen MR) is 60.0 cm³/mol. The zero-order chi connectivity index (χ0) is 12.8. The standard InChI is InChI=1S/C11H21NO4/c1-4-8(7-13)12-9(14)5-11(2,3)6-10(15)16/h8,13H,4-7H2,1-3H3,(H,12,14)(H,15,16)/t8-/m0/s1. The average Bonchev–Trinajstić information content (AvgIpc) is 2.10. The van der Waals surface area contributed by atoms with E-state index in [1.54, 1.807) is 13.8 Å².